The molecule has 1 unspecified atom stereocenters. The molecule has 254 valence electrons. The first-order valence-electron chi connectivity index (χ1n) is 16.9. The maximum Gasteiger partial charge on any atom is 0.326 e. The molecule has 1 aliphatic carbocycles. The van der Waals surface area contributed by atoms with Crippen LogP contribution in [0.2, 0.25) is 0 Å². The van der Waals surface area contributed by atoms with E-state index in [9.17, 15) is 24.3 Å². The molecule has 2 amide bonds. The molecule has 1 saturated heterocycles. The lowest BCUT2D eigenvalue weighted by atomic mass is 9.63. The molecule has 2 aliphatic rings. The number of carboxylic acid groups (broad SMARTS) is 1. The number of carbonyl (C=O) groups is 4. The summed E-state index contributed by atoms with van der Waals surface area (Å²) < 4.78 is 0. The van der Waals surface area contributed by atoms with Crippen LogP contribution in [0.4, 0.5) is 0 Å². The highest BCUT2D eigenvalue weighted by molar-refractivity contribution is 8.77. The van der Waals surface area contributed by atoms with Crippen molar-refractivity contribution in [2.45, 2.75) is 114 Å². The highest BCUT2D eigenvalue weighted by Gasteiger charge is 2.37. The number of ketones is 1. The van der Waals surface area contributed by atoms with Crippen LogP contribution in [-0.2, 0) is 20.4 Å². The fourth-order valence-electron chi connectivity index (χ4n) is 6.27. The van der Waals surface area contributed by atoms with Crippen LogP contribution in [0.25, 0.3) is 6.08 Å². The van der Waals surface area contributed by atoms with E-state index in [1.807, 2.05) is 33.7 Å². The summed E-state index contributed by atoms with van der Waals surface area (Å²) in [6.45, 7) is 9.49. The van der Waals surface area contributed by atoms with Crippen molar-refractivity contribution in [2.24, 2.45) is 0 Å². The molecule has 7 nitrogen and oxygen atoms in total. The van der Waals surface area contributed by atoms with Gasteiger partial charge in [-0.15, -0.1) is 0 Å². The monoisotopic (exact) mass is 678 g/mol. The van der Waals surface area contributed by atoms with Gasteiger partial charge >= 0.3 is 5.97 Å². The van der Waals surface area contributed by atoms with Crippen LogP contribution in [0.15, 0.2) is 48.5 Å². The smallest absolute Gasteiger partial charge is 0.326 e. The lowest BCUT2D eigenvalue weighted by molar-refractivity contribution is -0.139. The number of aliphatic carboxylic acids is 1. The van der Waals surface area contributed by atoms with Gasteiger partial charge in [-0.3, -0.25) is 14.4 Å². The summed E-state index contributed by atoms with van der Waals surface area (Å²) in [5, 5.41) is 15.9. The van der Waals surface area contributed by atoms with E-state index < -0.39 is 17.9 Å². The number of nitrogens with one attached hydrogen (secondary N) is 2. The van der Waals surface area contributed by atoms with Gasteiger partial charge in [0.15, 0.2) is 5.78 Å². The maximum atomic E-state index is 13.1. The van der Waals surface area contributed by atoms with E-state index in [-0.39, 0.29) is 28.9 Å². The van der Waals surface area contributed by atoms with Gasteiger partial charge < -0.3 is 15.7 Å². The molecular weight excluding hydrogens is 629 g/mol. The third-order valence-electron chi connectivity index (χ3n) is 9.49. The van der Waals surface area contributed by atoms with Crippen LogP contribution in [0.5, 0.6) is 0 Å². The Labute approximate surface area is 287 Å². The van der Waals surface area contributed by atoms with E-state index in [0.717, 1.165) is 36.5 Å². The molecular formula is C38H50N2O5S2. The predicted molar refractivity (Wildman–Crippen MR) is 194 cm³/mol. The summed E-state index contributed by atoms with van der Waals surface area (Å²) in [6.07, 6.45) is 11.9. The Morgan fingerprint density at radius 1 is 0.915 bits per heavy atom. The minimum atomic E-state index is -1.09. The fourth-order valence-corrected chi connectivity index (χ4v) is 9.29. The molecule has 1 heterocycles. The second kappa shape index (κ2) is 16.9. The van der Waals surface area contributed by atoms with Crippen LogP contribution < -0.4 is 10.6 Å². The molecule has 2 aromatic carbocycles. The largest absolute Gasteiger partial charge is 0.480 e. The van der Waals surface area contributed by atoms with Crippen molar-refractivity contribution in [1.82, 2.24) is 10.6 Å². The lowest BCUT2D eigenvalue weighted by Crippen LogP contribution is -2.40. The molecule has 2 atom stereocenters. The second-order valence-electron chi connectivity index (χ2n) is 14.1. The Hall–Kier alpha value is -3.04. The number of hydrogen-bond acceptors (Lipinski definition) is 6. The van der Waals surface area contributed by atoms with E-state index in [1.54, 1.807) is 36.4 Å². The van der Waals surface area contributed by atoms with Gasteiger partial charge in [0.05, 0.1) is 0 Å². The molecule has 9 heteroatoms. The number of amides is 2. The Morgan fingerprint density at radius 3 is 2.30 bits per heavy atom. The van der Waals surface area contributed by atoms with Crippen molar-refractivity contribution in [3.63, 3.8) is 0 Å². The van der Waals surface area contributed by atoms with Crippen molar-refractivity contribution < 1.29 is 24.3 Å². The predicted octanol–water partition coefficient (Wildman–Crippen LogP) is 8.12. The number of allylic oxidation sites excluding steroid dienone is 1. The summed E-state index contributed by atoms with van der Waals surface area (Å²) in [5.41, 5.74) is 4.42. The van der Waals surface area contributed by atoms with Crippen LogP contribution in [-0.4, -0.2) is 52.3 Å². The molecule has 3 N–H and O–H groups in total. The minimum absolute atomic E-state index is 0.0186. The number of benzene rings is 2. The number of unbranched alkanes of at least 4 members (excludes halogenated alkanes) is 2. The first-order chi connectivity index (χ1) is 22.4. The Morgan fingerprint density at radius 2 is 1.62 bits per heavy atom. The first kappa shape index (κ1) is 36.8. The lowest BCUT2D eigenvalue weighted by Gasteiger charge is -2.42. The van der Waals surface area contributed by atoms with Crippen molar-refractivity contribution in [3.05, 3.63) is 76.4 Å². The van der Waals surface area contributed by atoms with Crippen molar-refractivity contribution in [3.8, 4) is 0 Å². The van der Waals surface area contributed by atoms with Gasteiger partial charge in [0.25, 0.3) is 5.91 Å². The molecule has 47 heavy (non-hydrogen) atoms. The zero-order valence-electron chi connectivity index (χ0n) is 28.2. The van der Waals surface area contributed by atoms with Crippen LogP contribution >= 0.6 is 21.6 Å². The Bertz CT molecular complexity index is 1440. The maximum absolute atomic E-state index is 13.1. The van der Waals surface area contributed by atoms with Gasteiger partial charge in [-0.2, -0.15) is 0 Å². The average Bonchev–Trinajstić information content (AvgIpc) is 3.57. The van der Waals surface area contributed by atoms with Crippen molar-refractivity contribution in [2.75, 3.05) is 12.3 Å². The molecule has 0 saturated carbocycles. The summed E-state index contributed by atoms with van der Waals surface area (Å²) in [6, 6.07) is 11.8. The van der Waals surface area contributed by atoms with Crippen molar-refractivity contribution in [1.29, 1.82) is 0 Å². The Kier molecular flexibility index (Phi) is 13.2. The summed E-state index contributed by atoms with van der Waals surface area (Å²) >= 11 is 0. The van der Waals surface area contributed by atoms with E-state index in [4.69, 9.17) is 0 Å². The molecule has 1 fully saturated rings. The zero-order valence-corrected chi connectivity index (χ0v) is 29.9. The number of carboxylic acids is 1. The SMILES string of the molecule is CC1(C)CCC(C)(C)c2cc(C(=O)/C=C/c3ccc(C(=O)NC(CCCCNC(=O)CCCC[C@@H]4CCSS4)C(=O)O)cc3)ccc21. The number of carbonyl (C=O) groups excluding carboxylic acids is 3. The van der Waals surface area contributed by atoms with Crippen LogP contribution in [0, 0.1) is 0 Å². The number of fused-ring (bicyclic) bond motifs is 1. The second-order valence-corrected chi connectivity index (χ2v) is 16.9. The van der Waals surface area contributed by atoms with Gasteiger partial charge in [-0.1, -0.05) is 86.0 Å². The zero-order chi connectivity index (χ0) is 34.0. The van der Waals surface area contributed by atoms with Crippen LogP contribution in [0.3, 0.4) is 0 Å². The molecule has 4 rings (SSSR count). The van der Waals surface area contributed by atoms with E-state index in [2.05, 4.69) is 44.4 Å². The van der Waals surface area contributed by atoms with Gasteiger partial charge in [0.2, 0.25) is 5.91 Å². The van der Waals surface area contributed by atoms with E-state index in [0.29, 0.717) is 36.9 Å². The summed E-state index contributed by atoms with van der Waals surface area (Å²) in [5.74, 6) is -0.367. The highest BCUT2D eigenvalue weighted by atomic mass is 33.1. The Balaban J connectivity index is 1.20. The van der Waals surface area contributed by atoms with Gasteiger partial charge in [-0.05, 0) is 103 Å². The fraction of sp³-hybridized carbons (Fsp3) is 0.526. The summed E-state index contributed by atoms with van der Waals surface area (Å²) in [4.78, 5) is 49.8. The standard InChI is InChI=1S/C38H50N2O5S2/c1-37(2)21-22-38(3,4)31-25-28(17-18-30(31)37)33(41)19-14-26-12-15-27(16-13-26)35(43)40-32(36(44)45)10-7-8-23-39-34(42)11-6-5-9-29-20-24-46-47-29/h12-19,25,29,32H,5-11,20-24H2,1-4H3,(H,39,42)(H,40,43)(H,44,45)/b19-14+/t29-,32?/m1/s1. The van der Waals surface area contributed by atoms with E-state index >= 15 is 0 Å². The minimum Gasteiger partial charge on any atom is -0.480 e. The quantitative estimate of drug-likeness (QED) is 0.0712. The molecule has 0 aromatic heterocycles. The summed E-state index contributed by atoms with van der Waals surface area (Å²) in [7, 11) is 3.91. The molecule has 1 aliphatic heterocycles. The van der Waals surface area contributed by atoms with Crippen molar-refractivity contribution >= 4 is 51.2 Å². The van der Waals surface area contributed by atoms with Crippen LogP contribution in [0.1, 0.15) is 129 Å². The third-order valence-corrected chi connectivity index (χ3v) is 12.5. The highest BCUT2D eigenvalue weighted by Crippen LogP contribution is 2.46. The average molecular weight is 679 g/mol. The first-order valence-corrected chi connectivity index (χ1v) is 19.3. The molecule has 0 spiro atoms. The molecule has 0 bridgehead atoms. The van der Waals surface area contributed by atoms with E-state index in [1.165, 1.54) is 29.7 Å². The van der Waals surface area contributed by atoms with Gasteiger partial charge in [0.1, 0.15) is 6.04 Å². The number of hydrogen-bond donors (Lipinski definition) is 3. The number of rotatable bonds is 16. The molecule has 2 aromatic rings. The van der Waals surface area contributed by atoms with Gasteiger partial charge in [-0.25, -0.2) is 4.79 Å². The van der Waals surface area contributed by atoms with Gasteiger partial charge in [0, 0.05) is 35.1 Å². The topological polar surface area (TPSA) is 113 Å². The third kappa shape index (κ3) is 10.7. The molecule has 0 radical (unpaired) electrons. The normalized spacial score (nSPS) is 18.8.